The number of benzene rings is 2. The number of nitrogens with one attached hydrogen (secondary N) is 2. The number of halogens is 1. The average molecular weight is 466 g/mol. The predicted molar refractivity (Wildman–Crippen MR) is 124 cm³/mol. The summed E-state index contributed by atoms with van der Waals surface area (Å²) in [6.45, 7) is 9.45. The van der Waals surface area contributed by atoms with Crippen molar-refractivity contribution in [1.82, 2.24) is 4.31 Å². The monoisotopic (exact) mass is 465 g/mol. The number of hydrogen-bond acceptors (Lipinski definition) is 4. The van der Waals surface area contributed by atoms with Crippen molar-refractivity contribution in [1.29, 1.82) is 0 Å². The lowest BCUT2D eigenvalue weighted by Gasteiger charge is -2.19. The number of nitrogens with zero attached hydrogens (tertiary/aromatic N) is 1. The molecule has 0 spiro atoms. The van der Waals surface area contributed by atoms with Crippen molar-refractivity contribution >= 4 is 44.8 Å². The molecule has 0 saturated carbocycles. The minimum Gasteiger partial charge on any atom is -0.326 e. The molecule has 0 atom stereocenters. The van der Waals surface area contributed by atoms with Crippen LogP contribution in [0.5, 0.6) is 0 Å². The van der Waals surface area contributed by atoms with E-state index >= 15 is 0 Å². The van der Waals surface area contributed by atoms with E-state index in [2.05, 4.69) is 10.6 Å². The molecule has 0 aliphatic rings. The predicted octanol–water partition coefficient (Wildman–Crippen LogP) is 4.53. The molecule has 2 amide bonds. The Labute approximate surface area is 188 Å². The van der Waals surface area contributed by atoms with Gasteiger partial charge in [0.05, 0.1) is 5.02 Å². The van der Waals surface area contributed by atoms with E-state index in [1.807, 2.05) is 6.92 Å². The van der Waals surface area contributed by atoms with Gasteiger partial charge in [0.25, 0.3) is 5.91 Å². The highest BCUT2D eigenvalue weighted by Gasteiger charge is 2.25. The third kappa shape index (κ3) is 5.84. The zero-order valence-corrected chi connectivity index (χ0v) is 19.9. The van der Waals surface area contributed by atoms with E-state index in [0.29, 0.717) is 24.5 Å². The molecule has 9 heteroatoms. The third-order valence-corrected chi connectivity index (χ3v) is 7.33. The Morgan fingerprint density at radius 1 is 1.03 bits per heavy atom. The Morgan fingerprint density at radius 2 is 1.68 bits per heavy atom. The molecule has 2 N–H and O–H groups in total. The van der Waals surface area contributed by atoms with Gasteiger partial charge in [0, 0.05) is 35.9 Å². The quantitative estimate of drug-likeness (QED) is 0.598. The molecule has 0 aromatic heterocycles. The van der Waals surface area contributed by atoms with Gasteiger partial charge in [0.2, 0.25) is 15.9 Å². The van der Waals surface area contributed by atoms with Crippen LogP contribution in [-0.2, 0) is 14.8 Å². The highest BCUT2D eigenvalue weighted by Crippen LogP contribution is 2.27. The fraction of sp³-hybridized carbons (Fsp3) is 0.364. The zero-order chi connectivity index (χ0) is 23.3. The van der Waals surface area contributed by atoms with Crippen molar-refractivity contribution in [3.05, 3.63) is 52.5 Å². The molecule has 0 aliphatic carbocycles. The van der Waals surface area contributed by atoms with Crippen LogP contribution in [0.1, 0.15) is 43.6 Å². The lowest BCUT2D eigenvalue weighted by Crippen LogP contribution is -2.31. The second-order valence-electron chi connectivity index (χ2n) is 7.36. The number of rotatable bonds is 8. The maximum absolute atomic E-state index is 12.9. The lowest BCUT2D eigenvalue weighted by atomic mass is 10.1. The van der Waals surface area contributed by atoms with Crippen LogP contribution in [0, 0.1) is 12.8 Å². The summed E-state index contributed by atoms with van der Waals surface area (Å²) in [4.78, 5) is 24.7. The Morgan fingerprint density at radius 3 is 2.26 bits per heavy atom. The van der Waals surface area contributed by atoms with Gasteiger partial charge in [-0.2, -0.15) is 4.31 Å². The van der Waals surface area contributed by atoms with E-state index in [4.69, 9.17) is 11.6 Å². The average Bonchev–Trinajstić information content (AvgIpc) is 2.71. The van der Waals surface area contributed by atoms with E-state index in [0.717, 1.165) is 5.56 Å². The van der Waals surface area contributed by atoms with Gasteiger partial charge in [-0.3, -0.25) is 9.59 Å². The first-order chi connectivity index (χ1) is 14.5. The highest BCUT2D eigenvalue weighted by molar-refractivity contribution is 7.89. The fourth-order valence-electron chi connectivity index (χ4n) is 2.86. The van der Waals surface area contributed by atoms with Crippen LogP contribution in [0.2, 0.25) is 5.02 Å². The van der Waals surface area contributed by atoms with Crippen molar-refractivity contribution in [3.63, 3.8) is 0 Å². The molecule has 2 aromatic rings. The molecule has 0 aliphatic heterocycles. The number of carbonyl (C=O) groups is 2. The molecule has 0 radical (unpaired) electrons. The van der Waals surface area contributed by atoms with Crippen LogP contribution in [0.25, 0.3) is 0 Å². The summed E-state index contributed by atoms with van der Waals surface area (Å²) in [6, 6.07) is 9.35. The van der Waals surface area contributed by atoms with E-state index in [1.165, 1.54) is 22.5 Å². The summed E-state index contributed by atoms with van der Waals surface area (Å²) in [5.41, 5.74) is 2.02. The topological polar surface area (TPSA) is 95.6 Å². The van der Waals surface area contributed by atoms with E-state index in [1.54, 1.807) is 45.9 Å². The normalized spacial score (nSPS) is 11.6. The SMILES string of the molecule is CCN(CC)S(=O)(=O)c1cc(C(=O)Nc2cc(NC(=O)C(C)C)ccc2C)ccc1Cl. The maximum Gasteiger partial charge on any atom is 0.255 e. The van der Waals surface area contributed by atoms with E-state index in [-0.39, 0.29) is 27.3 Å². The molecule has 0 heterocycles. The van der Waals surface area contributed by atoms with Crippen LogP contribution in [0.4, 0.5) is 11.4 Å². The van der Waals surface area contributed by atoms with E-state index in [9.17, 15) is 18.0 Å². The number of anilines is 2. The van der Waals surface area contributed by atoms with Gasteiger partial charge in [0.15, 0.2) is 0 Å². The molecule has 0 bridgehead atoms. The Bertz CT molecular complexity index is 1080. The van der Waals surface area contributed by atoms with Crippen LogP contribution in [0.3, 0.4) is 0 Å². The lowest BCUT2D eigenvalue weighted by molar-refractivity contribution is -0.118. The zero-order valence-electron chi connectivity index (χ0n) is 18.3. The van der Waals surface area contributed by atoms with Crippen molar-refractivity contribution < 1.29 is 18.0 Å². The minimum absolute atomic E-state index is 0.0537. The molecular formula is C22H28ClN3O4S. The molecule has 168 valence electrons. The summed E-state index contributed by atoms with van der Waals surface area (Å²) >= 11 is 6.15. The highest BCUT2D eigenvalue weighted by atomic mass is 35.5. The van der Waals surface area contributed by atoms with Crippen molar-refractivity contribution in [2.45, 2.75) is 39.5 Å². The van der Waals surface area contributed by atoms with Gasteiger partial charge in [-0.15, -0.1) is 0 Å². The number of hydrogen-bond donors (Lipinski definition) is 2. The number of sulfonamides is 1. The van der Waals surface area contributed by atoms with Gasteiger partial charge in [-0.05, 0) is 42.8 Å². The summed E-state index contributed by atoms with van der Waals surface area (Å²) in [5, 5.41) is 5.63. The van der Waals surface area contributed by atoms with Gasteiger partial charge >= 0.3 is 0 Å². The van der Waals surface area contributed by atoms with E-state index < -0.39 is 15.9 Å². The third-order valence-electron chi connectivity index (χ3n) is 4.79. The minimum atomic E-state index is -3.82. The summed E-state index contributed by atoms with van der Waals surface area (Å²) in [5.74, 6) is -0.798. The first kappa shape index (κ1) is 24.8. The van der Waals surface area contributed by atoms with Crippen LogP contribution in [0.15, 0.2) is 41.3 Å². The first-order valence-electron chi connectivity index (χ1n) is 10.0. The molecule has 7 nitrogen and oxygen atoms in total. The molecular weight excluding hydrogens is 438 g/mol. The van der Waals surface area contributed by atoms with Crippen LogP contribution >= 0.6 is 11.6 Å². The molecule has 0 saturated heterocycles. The molecule has 0 unspecified atom stereocenters. The van der Waals surface area contributed by atoms with Crippen molar-refractivity contribution in [2.24, 2.45) is 5.92 Å². The standard InChI is InChI=1S/C22H28ClN3O4S/c1-6-26(7-2)31(29,30)20-12-16(9-11-18(20)23)22(28)25-19-13-17(10-8-15(19)5)24-21(27)14(3)4/h8-14H,6-7H2,1-5H3,(H,24,27)(H,25,28). The Balaban J connectivity index is 2.34. The van der Waals surface area contributed by atoms with Gasteiger partial charge in [-0.25, -0.2) is 8.42 Å². The smallest absolute Gasteiger partial charge is 0.255 e. The maximum atomic E-state index is 12.9. The second-order valence-corrected chi connectivity index (χ2v) is 9.68. The second kappa shape index (κ2) is 10.3. The Kier molecular flexibility index (Phi) is 8.22. The largest absolute Gasteiger partial charge is 0.326 e. The van der Waals surface area contributed by atoms with Crippen LogP contribution < -0.4 is 10.6 Å². The number of amides is 2. The molecule has 2 rings (SSSR count). The molecule has 31 heavy (non-hydrogen) atoms. The number of aryl methyl sites for hydroxylation is 1. The molecule has 2 aromatic carbocycles. The van der Waals surface area contributed by atoms with Gasteiger partial charge in [-0.1, -0.05) is 45.4 Å². The Hall–Kier alpha value is -2.42. The molecule has 0 fully saturated rings. The van der Waals surface area contributed by atoms with Gasteiger partial charge < -0.3 is 10.6 Å². The van der Waals surface area contributed by atoms with Crippen molar-refractivity contribution in [3.8, 4) is 0 Å². The fourth-order valence-corrected chi connectivity index (χ4v) is 4.82. The van der Waals surface area contributed by atoms with Crippen LogP contribution in [-0.4, -0.2) is 37.6 Å². The first-order valence-corrected chi connectivity index (χ1v) is 11.9. The van der Waals surface area contributed by atoms with Crippen molar-refractivity contribution in [2.75, 3.05) is 23.7 Å². The summed E-state index contributed by atoms with van der Waals surface area (Å²) < 4.78 is 27.0. The van der Waals surface area contributed by atoms with Gasteiger partial charge in [0.1, 0.15) is 4.90 Å². The summed E-state index contributed by atoms with van der Waals surface area (Å²) in [6.07, 6.45) is 0. The summed E-state index contributed by atoms with van der Waals surface area (Å²) in [7, 11) is -3.82. The number of carbonyl (C=O) groups excluding carboxylic acids is 2.